The fourth-order valence-corrected chi connectivity index (χ4v) is 5.44. The van der Waals surface area contributed by atoms with Gasteiger partial charge in [0.05, 0.1) is 16.9 Å². The van der Waals surface area contributed by atoms with Crippen LogP contribution < -0.4 is 5.56 Å². The van der Waals surface area contributed by atoms with Gasteiger partial charge in [-0.15, -0.1) is 12.4 Å². The minimum atomic E-state index is -0.0415. The number of nitrogens with zero attached hydrogens (tertiary/aromatic N) is 4. The molecule has 3 aliphatic rings. The van der Waals surface area contributed by atoms with Crippen LogP contribution in [0.15, 0.2) is 59.7 Å². The zero-order chi connectivity index (χ0) is 21.1. The molecule has 1 fully saturated rings. The predicted octanol–water partition coefficient (Wildman–Crippen LogP) is 4.81. The second kappa shape index (κ2) is 7.91. The van der Waals surface area contributed by atoms with Crippen molar-refractivity contribution in [3.8, 4) is 16.9 Å². The van der Waals surface area contributed by atoms with E-state index in [9.17, 15) is 4.79 Å². The maximum absolute atomic E-state index is 13.0. The van der Waals surface area contributed by atoms with E-state index in [-0.39, 0.29) is 18.0 Å². The van der Waals surface area contributed by atoms with Crippen LogP contribution in [0.1, 0.15) is 35.6 Å². The maximum Gasteiger partial charge on any atom is 0.255 e. The molecule has 0 saturated carbocycles. The number of piperidine rings is 1. The van der Waals surface area contributed by atoms with Crippen molar-refractivity contribution in [1.82, 2.24) is 19.0 Å². The van der Waals surface area contributed by atoms with Gasteiger partial charge in [-0.2, -0.15) is 0 Å². The molecule has 0 spiro atoms. The monoisotopic (exact) mass is 446 g/mol. The van der Waals surface area contributed by atoms with E-state index >= 15 is 0 Å². The zero-order valence-corrected chi connectivity index (χ0v) is 19.2. The van der Waals surface area contributed by atoms with Gasteiger partial charge in [-0.25, -0.2) is 0 Å². The second-order valence-corrected chi connectivity index (χ2v) is 9.02. The average molecular weight is 447 g/mol. The van der Waals surface area contributed by atoms with E-state index in [4.69, 9.17) is 0 Å². The molecule has 1 saturated heterocycles. The summed E-state index contributed by atoms with van der Waals surface area (Å²) < 4.78 is 4.11. The van der Waals surface area contributed by atoms with Crippen molar-refractivity contribution in [3.63, 3.8) is 0 Å². The van der Waals surface area contributed by atoms with Crippen molar-refractivity contribution >= 4 is 23.3 Å². The van der Waals surface area contributed by atoms with Crippen molar-refractivity contribution in [2.24, 2.45) is 7.05 Å². The van der Waals surface area contributed by atoms with Crippen LogP contribution >= 0.6 is 12.4 Å². The quantitative estimate of drug-likeness (QED) is 0.443. The van der Waals surface area contributed by atoms with Gasteiger partial charge in [0, 0.05) is 54.6 Å². The van der Waals surface area contributed by atoms with Gasteiger partial charge in [0.25, 0.3) is 5.56 Å². The third kappa shape index (κ3) is 3.28. The Balaban J connectivity index is 0.00000216. The highest BCUT2D eigenvalue weighted by Gasteiger charge is 2.31. The van der Waals surface area contributed by atoms with Gasteiger partial charge < -0.3 is 4.57 Å². The van der Waals surface area contributed by atoms with Crippen LogP contribution in [0.4, 0.5) is 0 Å². The van der Waals surface area contributed by atoms with Gasteiger partial charge in [0.2, 0.25) is 0 Å². The first kappa shape index (κ1) is 21.0. The molecule has 4 aromatic rings. The largest absolute Gasteiger partial charge is 0.347 e. The summed E-state index contributed by atoms with van der Waals surface area (Å²) in [5.41, 5.74) is 7.84. The molecule has 2 bridgehead atoms. The number of aryl methyl sites for hydroxylation is 2. The molecular weight excluding hydrogens is 420 g/mol. The van der Waals surface area contributed by atoms with Crippen molar-refractivity contribution in [2.75, 3.05) is 13.1 Å². The molecule has 0 radical (unpaired) electrons. The molecule has 0 N–H and O–H groups in total. The summed E-state index contributed by atoms with van der Waals surface area (Å²) >= 11 is 0. The highest BCUT2D eigenvalue weighted by molar-refractivity contribution is 5.87. The molecule has 3 aliphatic heterocycles. The van der Waals surface area contributed by atoms with Crippen LogP contribution in [0, 0.1) is 6.92 Å². The van der Waals surface area contributed by atoms with Crippen LogP contribution in [0.5, 0.6) is 0 Å². The number of hydrogen-bond donors (Lipinski definition) is 0. The average Bonchev–Trinajstić information content (AvgIpc) is 2.93. The number of pyridine rings is 2. The lowest BCUT2D eigenvalue weighted by atomic mass is 9.94. The summed E-state index contributed by atoms with van der Waals surface area (Å²) in [6.45, 7) is 5.46. The molecule has 0 unspecified atom stereocenters. The fourth-order valence-electron chi connectivity index (χ4n) is 5.44. The topological polar surface area (TPSA) is 43.1 Å². The summed E-state index contributed by atoms with van der Waals surface area (Å²) in [6, 6.07) is 14.1. The first-order valence-corrected chi connectivity index (χ1v) is 11.1. The van der Waals surface area contributed by atoms with Crippen LogP contribution in [-0.4, -0.2) is 32.1 Å². The van der Waals surface area contributed by atoms with Gasteiger partial charge in [0.1, 0.15) is 0 Å². The molecule has 164 valence electrons. The van der Waals surface area contributed by atoms with E-state index in [0.29, 0.717) is 5.92 Å². The minimum absolute atomic E-state index is 0. The normalized spacial score (nSPS) is 19.4. The summed E-state index contributed by atoms with van der Waals surface area (Å²) in [5, 5.41) is 1.33. The molecule has 0 amide bonds. The SMILES string of the molecule is Cc1ccc(-c2ccn(-c3ccc4c5c(n(C)c4c3)C3CCN(CC3)C5)c(=O)c2)nc1.Cl. The molecular formula is C26H27ClN4O. The lowest BCUT2D eigenvalue weighted by Crippen LogP contribution is -2.29. The Morgan fingerprint density at radius 3 is 2.56 bits per heavy atom. The minimum Gasteiger partial charge on any atom is -0.347 e. The summed E-state index contributed by atoms with van der Waals surface area (Å²) in [4.78, 5) is 20.0. The molecule has 5 nitrogen and oxygen atoms in total. The predicted molar refractivity (Wildman–Crippen MR) is 131 cm³/mol. The smallest absolute Gasteiger partial charge is 0.255 e. The lowest BCUT2D eigenvalue weighted by molar-refractivity contribution is 0.220. The zero-order valence-electron chi connectivity index (χ0n) is 18.4. The second-order valence-electron chi connectivity index (χ2n) is 9.02. The van der Waals surface area contributed by atoms with Gasteiger partial charge in [-0.1, -0.05) is 12.1 Å². The highest BCUT2D eigenvalue weighted by Crippen LogP contribution is 2.40. The first-order valence-electron chi connectivity index (χ1n) is 11.1. The third-order valence-corrected chi connectivity index (χ3v) is 7.10. The molecule has 6 heteroatoms. The molecule has 3 aromatic heterocycles. The van der Waals surface area contributed by atoms with Crippen LogP contribution in [0.3, 0.4) is 0 Å². The summed E-state index contributed by atoms with van der Waals surface area (Å²) in [7, 11) is 2.19. The van der Waals surface area contributed by atoms with Crippen LogP contribution in [0.2, 0.25) is 0 Å². The number of rotatable bonds is 2. The van der Waals surface area contributed by atoms with E-state index in [0.717, 1.165) is 29.1 Å². The van der Waals surface area contributed by atoms with E-state index in [1.807, 2.05) is 37.5 Å². The molecule has 32 heavy (non-hydrogen) atoms. The molecule has 6 heterocycles. The third-order valence-electron chi connectivity index (χ3n) is 7.10. The van der Waals surface area contributed by atoms with Crippen molar-refractivity contribution in [3.05, 3.63) is 82.0 Å². The van der Waals surface area contributed by atoms with E-state index < -0.39 is 0 Å². The number of hydrogen-bond acceptors (Lipinski definition) is 3. The number of fused-ring (bicyclic) bond motifs is 3. The molecule has 1 aromatic carbocycles. The summed E-state index contributed by atoms with van der Waals surface area (Å²) in [6.07, 6.45) is 6.19. The fraction of sp³-hybridized carbons (Fsp3) is 0.308. The van der Waals surface area contributed by atoms with Crippen molar-refractivity contribution in [2.45, 2.75) is 32.2 Å². The Labute approximate surface area is 193 Å². The van der Waals surface area contributed by atoms with Crippen molar-refractivity contribution in [1.29, 1.82) is 0 Å². The van der Waals surface area contributed by atoms with Crippen molar-refractivity contribution < 1.29 is 0 Å². The van der Waals surface area contributed by atoms with Gasteiger partial charge in [-0.3, -0.25) is 19.2 Å². The van der Waals surface area contributed by atoms with Gasteiger partial charge in [0.15, 0.2) is 0 Å². The van der Waals surface area contributed by atoms with Crippen LogP contribution in [-0.2, 0) is 13.6 Å². The van der Waals surface area contributed by atoms with E-state index in [1.165, 1.54) is 48.1 Å². The van der Waals surface area contributed by atoms with E-state index in [2.05, 4.69) is 39.7 Å². The van der Waals surface area contributed by atoms with Crippen LogP contribution in [0.25, 0.3) is 27.8 Å². The standard InChI is InChI=1S/C26H26N4O.ClH/c1-17-3-6-23(27-15-17)19-9-12-30(25(31)13-19)20-4-5-21-22-16-29-10-7-18(8-11-29)26(22)28(2)24(21)14-20;/h3-6,9,12-15,18H,7-8,10-11,16H2,1-2H3;1H. The van der Waals surface area contributed by atoms with Gasteiger partial charge >= 0.3 is 0 Å². The maximum atomic E-state index is 13.0. The number of benzene rings is 1. The first-order chi connectivity index (χ1) is 15.1. The number of aromatic nitrogens is 3. The Bertz CT molecular complexity index is 1360. The summed E-state index contributed by atoms with van der Waals surface area (Å²) in [5.74, 6) is 0.651. The Morgan fingerprint density at radius 2 is 1.84 bits per heavy atom. The van der Waals surface area contributed by atoms with Gasteiger partial charge in [-0.05, 0) is 68.2 Å². The lowest BCUT2D eigenvalue weighted by Gasteiger charge is -2.27. The molecule has 0 atom stereocenters. The Kier molecular flexibility index (Phi) is 5.19. The highest BCUT2D eigenvalue weighted by atomic mass is 35.5. The Morgan fingerprint density at radius 1 is 1.03 bits per heavy atom. The van der Waals surface area contributed by atoms with E-state index in [1.54, 1.807) is 10.6 Å². The number of halogens is 1. The Hall–Kier alpha value is -2.89. The molecule has 7 rings (SSSR count). The molecule has 0 aliphatic carbocycles.